The van der Waals surface area contributed by atoms with Crippen LogP contribution in [-0.4, -0.2) is 43.1 Å². The van der Waals surface area contributed by atoms with Crippen LogP contribution in [0.15, 0.2) is 0 Å². The van der Waals surface area contributed by atoms with Gasteiger partial charge in [0.05, 0.1) is 0 Å². The fraction of sp³-hybridized carbons (Fsp3) is 1.00. The molecular formula is C36H87O4+. The third-order valence-corrected chi connectivity index (χ3v) is 10.5. The van der Waals surface area contributed by atoms with Crippen molar-refractivity contribution in [2.75, 3.05) is 27.4 Å². The highest BCUT2D eigenvalue weighted by atomic mass is 16.5. The summed E-state index contributed by atoms with van der Waals surface area (Å²) in [5.74, 6) is 10.1. The van der Waals surface area contributed by atoms with Crippen molar-refractivity contribution in [2.24, 2.45) is 71.0 Å². The maximum atomic E-state index is 7.57. The lowest BCUT2D eigenvalue weighted by molar-refractivity contribution is 0.143. The molecule has 4 heteroatoms. The Labute approximate surface area is 259 Å². The van der Waals surface area contributed by atoms with E-state index in [-0.39, 0.29) is 14.9 Å². The standard InChI is InChI=1S/2C15H32.C3H8O.C2H6O.CH4O.H2O.H2/c2*1-9-11(4)13(6)15(8)14(7)12(5)10(2)3;1-3-4-2;1-2-3;1-2;;/h2*10-15H,9H2,1-8H3;3H2,1-2H3;3H,2H2,1H3;2H,1H3;1H2;1H/p+1/i;;;;;;1+1. The number of hydrogen-bond donors (Lipinski definition) is 2. The molecule has 0 aliphatic rings. The average molecular weight is 585 g/mol. The summed E-state index contributed by atoms with van der Waals surface area (Å²) in [5.41, 5.74) is 0. The van der Waals surface area contributed by atoms with E-state index in [0.29, 0.717) is 0 Å². The molecule has 0 amide bonds. The highest BCUT2D eigenvalue weighted by Crippen LogP contribution is 2.36. The summed E-state index contributed by atoms with van der Waals surface area (Å²) in [4.78, 5) is 0. The van der Waals surface area contributed by atoms with E-state index in [2.05, 4.69) is 116 Å². The lowest BCUT2D eigenvalue weighted by atomic mass is 9.71. The number of aliphatic hydroxyl groups excluding tert-OH is 2. The van der Waals surface area contributed by atoms with Gasteiger partial charge in [-0.1, -0.05) is 124 Å². The number of methoxy groups -OCH3 is 1. The Balaban J connectivity index is -0.0000000676. The van der Waals surface area contributed by atoms with Gasteiger partial charge in [0.25, 0.3) is 0 Å². The van der Waals surface area contributed by atoms with Crippen molar-refractivity contribution in [1.29, 1.82) is 0 Å². The first kappa shape index (κ1) is 52.5. The average Bonchev–Trinajstić information content (AvgIpc) is 2.94. The van der Waals surface area contributed by atoms with E-state index in [1.165, 1.54) is 12.8 Å². The molecule has 4 nitrogen and oxygen atoms in total. The molecule has 0 fully saturated rings. The highest BCUT2D eigenvalue weighted by molar-refractivity contribution is 4.77. The fourth-order valence-electron chi connectivity index (χ4n) is 4.91. The van der Waals surface area contributed by atoms with Gasteiger partial charge in [-0.3, -0.25) is 0 Å². The number of aliphatic hydroxyl groups is 2. The van der Waals surface area contributed by atoms with Gasteiger partial charge in [-0.25, -0.2) is 0 Å². The van der Waals surface area contributed by atoms with Crippen LogP contribution in [0.25, 0.3) is 0 Å². The number of ether oxygens (including phenoxy) is 1. The summed E-state index contributed by atoms with van der Waals surface area (Å²) in [6.45, 7) is 43.0. The molecule has 0 spiro atoms. The van der Waals surface area contributed by atoms with E-state index in [4.69, 9.17) is 10.2 Å². The first-order valence-corrected chi connectivity index (χ1v) is 16.5. The van der Waals surface area contributed by atoms with Crippen LogP contribution in [0.3, 0.4) is 0 Å². The Bertz CT molecular complexity index is 426. The molecule has 0 radical (unpaired) electrons. The maximum Gasteiger partial charge on any atom is 1.00 e. The third kappa shape index (κ3) is 25.5. The minimum atomic E-state index is 0. The minimum Gasteiger partial charge on any atom is -0.412 e. The number of hydrogen-bond acceptors (Lipinski definition) is 3. The van der Waals surface area contributed by atoms with E-state index in [1.54, 1.807) is 14.0 Å². The zero-order valence-corrected chi connectivity index (χ0v) is 31.6. The summed E-state index contributed by atoms with van der Waals surface area (Å²) in [7, 11) is 2.68. The van der Waals surface area contributed by atoms with E-state index >= 15 is 0 Å². The molecular weight excluding hydrogens is 496 g/mol. The second-order valence-electron chi connectivity index (χ2n) is 13.0. The van der Waals surface area contributed by atoms with Crippen molar-refractivity contribution in [1.82, 2.24) is 0 Å². The van der Waals surface area contributed by atoms with E-state index in [1.807, 2.05) is 6.92 Å². The third-order valence-electron chi connectivity index (χ3n) is 10.5. The molecule has 0 bridgehead atoms. The Hall–Kier alpha value is -0.160. The predicted octanol–water partition coefficient (Wildman–Crippen LogP) is 10.3. The first-order valence-electron chi connectivity index (χ1n) is 16.5. The van der Waals surface area contributed by atoms with E-state index in [9.17, 15) is 0 Å². The van der Waals surface area contributed by atoms with Crippen LogP contribution in [0.4, 0.5) is 0 Å². The molecule has 0 saturated carbocycles. The molecule has 254 valence electrons. The summed E-state index contributed by atoms with van der Waals surface area (Å²) in [5, 5.41) is 14.6. The zero-order valence-electron chi connectivity index (χ0n) is 32.6. The van der Waals surface area contributed by atoms with Gasteiger partial charge in [0.15, 0.2) is 0 Å². The smallest absolute Gasteiger partial charge is 0.412 e. The normalized spacial score (nSPS) is 18.0. The van der Waals surface area contributed by atoms with Crippen molar-refractivity contribution in [2.45, 2.75) is 137 Å². The second-order valence-corrected chi connectivity index (χ2v) is 13.0. The number of rotatable bonds is 13. The monoisotopic (exact) mass is 585 g/mol. The van der Waals surface area contributed by atoms with Gasteiger partial charge >= 0.3 is 1.43 Å². The van der Waals surface area contributed by atoms with Crippen molar-refractivity contribution >= 4 is 0 Å². The highest BCUT2D eigenvalue weighted by Gasteiger charge is 2.28. The van der Waals surface area contributed by atoms with Gasteiger partial charge < -0.3 is 20.4 Å². The summed E-state index contributed by atoms with van der Waals surface area (Å²) >= 11 is 0. The second kappa shape index (κ2) is 33.3. The van der Waals surface area contributed by atoms with Crippen molar-refractivity contribution < 1.29 is 23.3 Å². The van der Waals surface area contributed by atoms with Gasteiger partial charge in [0.2, 0.25) is 0 Å². The Kier molecular flexibility index (Phi) is 43.7. The summed E-state index contributed by atoms with van der Waals surface area (Å²) < 4.78 is 4.54. The summed E-state index contributed by atoms with van der Waals surface area (Å²) in [6, 6.07) is 0. The van der Waals surface area contributed by atoms with Crippen LogP contribution >= 0.6 is 0 Å². The molecule has 0 aromatic heterocycles. The lowest BCUT2D eigenvalue weighted by Gasteiger charge is -2.35. The molecule has 0 aliphatic heterocycles. The molecule has 0 aromatic carbocycles. The van der Waals surface area contributed by atoms with Crippen LogP contribution in [0.1, 0.15) is 140 Å². The van der Waals surface area contributed by atoms with Gasteiger partial charge in [0.1, 0.15) is 0 Å². The molecule has 10 unspecified atom stereocenters. The topological polar surface area (TPSA) is 81.2 Å². The molecule has 0 heterocycles. The maximum absolute atomic E-state index is 7.57. The Morgan fingerprint density at radius 1 is 0.500 bits per heavy atom. The van der Waals surface area contributed by atoms with Crippen molar-refractivity contribution in [3.05, 3.63) is 0 Å². The van der Waals surface area contributed by atoms with Crippen LogP contribution in [0, 0.1) is 71.0 Å². The Morgan fingerprint density at radius 2 is 0.675 bits per heavy atom. The molecule has 10 atom stereocenters. The van der Waals surface area contributed by atoms with Crippen LogP contribution in [-0.2, 0) is 4.74 Å². The SMILES string of the molecule is CCC(C)C(C)C(C)C(C)C(C)C(C)C.CCC(C)C(C)C(C)C(C)C(C)C(C)C.CCO.CCOC.CO.O.[2HH].[H+]. The van der Waals surface area contributed by atoms with Gasteiger partial charge in [-0.05, 0) is 84.9 Å². The molecule has 40 heavy (non-hydrogen) atoms. The van der Waals surface area contributed by atoms with Gasteiger partial charge in [-0.2, -0.15) is 0 Å². The molecule has 0 saturated heterocycles. The zero-order chi connectivity index (χ0) is 32.5. The summed E-state index contributed by atoms with van der Waals surface area (Å²) in [6.07, 6.45) is 2.63. The molecule has 4 N–H and O–H groups in total. The molecule has 0 aromatic rings. The van der Waals surface area contributed by atoms with Crippen molar-refractivity contribution in [3.8, 4) is 0 Å². The van der Waals surface area contributed by atoms with Crippen LogP contribution in [0.5, 0.6) is 0 Å². The van der Waals surface area contributed by atoms with Gasteiger partial charge in [-0.15, -0.1) is 0 Å². The molecule has 0 aliphatic carbocycles. The van der Waals surface area contributed by atoms with E-state index < -0.39 is 0 Å². The first-order chi connectivity index (χ1) is 18.0. The van der Waals surface area contributed by atoms with E-state index in [0.717, 1.165) is 84.7 Å². The predicted molar refractivity (Wildman–Crippen MR) is 187 cm³/mol. The lowest BCUT2D eigenvalue weighted by Crippen LogP contribution is -2.28. The van der Waals surface area contributed by atoms with Crippen LogP contribution < -0.4 is 0 Å². The molecule has 0 rings (SSSR count). The van der Waals surface area contributed by atoms with Crippen LogP contribution in [0.2, 0.25) is 0 Å². The quantitative estimate of drug-likeness (QED) is 0.226. The van der Waals surface area contributed by atoms with Gasteiger partial charge in [0, 0.05) is 28.9 Å². The largest absolute Gasteiger partial charge is 1.00 e. The Morgan fingerprint density at radius 3 is 0.800 bits per heavy atom. The fourth-order valence-corrected chi connectivity index (χ4v) is 4.91. The minimum absolute atomic E-state index is 0. The van der Waals surface area contributed by atoms with Crippen molar-refractivity contribution in [3.63, 3.8) is 0 Å².